The molecule has 1 atom stereocenters. The van der Waals surface area contributed by atoms with Crippen LogP contribution in [0.4, 0.5) is 0 Å². The number of halogens is 2. The van der Waals surface area contributed by atoms with E-state index in [4.69, 9.17) is 36.9 Å². The molecule has 1 aliphatic heterocycles. The van der Waals surface area contributed by atoms with Crippen LogP contribution in [-0.4, -0.2) is 32.4 Å². The quantitative estimate of drug-likeness (QED) is 0.493. The lowest BCUT2D eigenvalue weighted by atomic mass is 9.85. The van der Waals surface area contributed by atoms with Crippen LogP contribution in [0, 0.1) is 0 Å². The van der Waals surface area contributed by atoms with Gasteiger partial charge in [-0.3, -0.25) is 9.17 Å². The predicted molar refractivity (Wildman–Crippen MR) is 117 cm³/mol. The maximum atomic E-state index is 12.1. The number of nitrogens with zero attached hydrogens (tertiary/aromatic N) is 1. The summed E-state index contributed by atoms with van der Waals surface area (Å²) < 4.78 is 41.6. The van der Waals surface area contributed by atoms with Crippen LogP contribution in [0.15, 0.2) is 24.5 Å². The van der Waals surface area contributed by atoms with Gasteiger partial charge in [0.2, 0.25) is 0 Å². The Hall–Kier alpha value is -1.54. The van der Waals surface area contributed by atoms with Crippen LogP contribution in [0.5, 0.6) is 11.5 Å². The number of fused-ring (bicyclic) bond motifs is 1. The number of hydrogen-bond acceptors (Lipinski definition) is 6. The topological polar surface area (TPSA) is 74.7 Å². The zero-order valence-corrected chi connectivity index (χ0v) is 19.7. The van der Waals surface area contributed by atoms with Gasteiger partial charge in [0, 0.05) is 18.0 Å². The molecule has 0 saturated carbocycles. The minimum Gasteiger partial charge on any atom is -0.493 e. The predicted octanol–water partition coefficient (Wildman–Crippen LogP) is 5.15. The molecule has 6 nitrogen and oxygen atoms in total. The highest BCUT2D eigenvalue weighted by Gasteiger charge is 2.51. The van der Waals surface area contributed by atoms with E-state index >= 15 is 0 Å². The average Bonchev–Trinajstić information content (AvgIpc) is 3.01. The number of ether oxygens (including phenoxy) is 2. The molecule has 0 N–H and O–H groups in total. The second-order valence-corrected chi connectivity index (χ2v) is 9.72. The van der Waals surface area contributed by atoms with E-state index in [1.165, 1.54) is 0 Å². The third-order valence-corrected chi connectivity index (χ3v) is 6.77. The summed E-state index contributed by atoms with van der Waals surface area (Å²) in [5, 5.41) is 0.980. The van der Waals surface area contributed by atoms with E-state index in [0.29, 0.717) is 52.8 Å². The van der Waals surface area contributed by atoms with E-state index in [1.807, 2.05) is 26.0 Å². The molecular formula is C21H25Cl2NO5S. The van der Waals surface area contributed by atoms with Crippen molar-refractivity contribution in [2.24, 2.45) is 0 Å². The third kappa shape index (κ3) is 4.40. The lowest BCUT2D eigenvalue weighted by Gasteiger charge is -2.32. The molecule has 0 fully saturated rings. The largest absolute Gasteiger partial charge is 0.493 e. The lowest BCUT2D eigenvalue weighted by molar-refractivity contribution is -0.0176. The van der Waals surface area contributed by atoms with Crippen LogP contribution in [0.3, 0.4) is 0 Å². The Morgan fingerprint density at radius 1 is 1.13 bits per heavy atom. The highest BCUT2D eigenvalue weighted by molar-refractivity contribution is 7.86. The van der Waals surface area contributed by atoms with Gasteiger partial charge in [-0.2, -0.15) is 8.42 Å². The maximum absolute atomic E-state index is 12.1. The van der Waals surface area contributed by atoms with Crippen molar-refractivity contribution in [1.82, 2.24) is 4.98 Å². The van der Waals surface area contributed by atoms with E-state index < -0.39 is 21.8 Å². The Kier molecular flexibility index (Phi) is 6.87. The number of benzene rings is 1. The molecule has 1 unspecified atom stereocenters. The van der Waals surface area contributed by atoms with E-state index in [9.17, 15) is 8.42 Å². The minimum atomic E-state index is -3.73. The van der Waals surface area contributed by atoms with Crippen LogP contribution in [0.2, 0.25) is 10.0 Å². The third-order valence-electron chi connectivity index (χ3n) is 5.58. The van der Waals surface area contributed by atoms with Gasteiger partial charge >= 0.3 is 0 Å². The molecule has 0 radical (unpaired) electrons. The first-order valence-corrected chi connectivity index (χ1v) is 12.3. The van der Waals surface area contributed by atoms with Gasteiger partial charge in [-0.25, -0.2) is 0 Å². The van der Waals surface area contributed by atoms with Crippen LogP contribution in [0.25, 0.3) is 0 Å². The van der Waals surface area contributed by atoms with Gasteiger partial charge in [-0.05, 0) is 42.9 Å². The SMILES string of the molecule is CCC1(CC)Oc2c(OC)ccc(CCc3c(Cl)cncc3Cl)c2C1OS(C)(=O)=O. The van der Waals surface area contributed by atoms with Crippen molar-refractivity contribution in [3.8, 4) is 11.5 Å². The lowest BCUT2D eigenvalue weighted by Crippen LogP contribution is -2.39. The molecule has 30 heavy (non-hydrogen) atoms. The van der Waals surface area contributed by atoms with Crippen molar-refractivity contribution in [3.05, 3.63) is 51.3 Å². The van der Waals surface area contributed by atoms with Crippen LogP contribution in [0.1, 0.15) is 49.5 Å². The zero-order chi connectivity index (χ0) is 22.1. The minimum absolute atomic E-state index is 0.490. The molecule has 1 aromatic heterocycles. The highest BCUT2D eigenvalue weighted by Crippen LogP contribution is 2.54. The van der Waals surface area contributed by atoms with E-state index in [-0.39, 0.29) is 0 Å². The van der Waals surface area contributed by atoms with Crippen LogP contribution < -0.4 is 9.47 Å². The number of hydrogen-bond donors (Lipinski definition) is 0. The van der Waals surface area contributed by atoms with Gasteiger partial charge in [0.25, 0.3) is 10.1 Å². The number of methoxy groups -OCH3 is 1. The highest BCUT2D eigenvalue weighted by atomic mass is 35.5. The summed E-state index contributed by atoms with van der Waals surface area (Å²) in [6.07, 6.45) is 5.65. The molecule has 0 saturated heterocycles. The molecule has 9 heteroatoms. The van der Waals surface area contributed by atoms with Crippen molar-refractivity contribution < 1.29 is 22.1 Å². The van der Waals surface area contributed by atoms with Crippen LogP contribution >= 0.6 is 23.2 Å². The smallest absolute Gasteiger partial charge is 0.265 e. The monoisotopic (exact) mass is 473 g/mol. The Labute approximate surface area is 187 Å². The summed E-state index contributed by atoms with van der Waals surface area (Å²) in [5.41, 5.74) is 1.58. The van der Waals surface area contributed by atoms with Gasteiger partial charge in [0.1, 0.15) is 11.7 Å². The van der Waals surface area contributed by atoms with Crippen molar-refractivity contribution in [2.75, 3.05) is 13.4 Å². The van der Waals surface area contributed by atoms with Gasteiger partial charge in [0.15, 0.2) is 11.5 Å². The molecule has 0 spiro atoms. The van der Waals surface area contributed by atoms with E-state index in [0.717, 1.165) is 17.4 Å². The summed E-state index contributed by atoms with van der Waals surface area (Å²) in [5.74, 6) is 1.07. The molecule has 1 aromatic carbocycles. The molecule has 3 rings (SSSR count). The van der Waals surface area contributed by atoms with Crippen molar-refractivity contribution >= 4 is 33.3 Å². The molecule has 2 aromatic rings. The Morgan fingerprint density at radius 3 is 2.30 bits per heavy atom. The summed E-state index contributed by atoms with van der Waals surface area (Å²) in [6, 6.07) is 3.73. The van der Waals surface area contributed by atoms with E-state index in [1.54, 1.807) is 19.5 Å². The fraction of sp³-hybridized carbons (Fsp3) is 0.476. The first kappa shape index (κ1) is 23.1. The zero-order valence-electron chi connectivity index (χ0n) is 17.4. The summed E-state index contributed by atoms with van der Waals surface area (Å²) >= 11 is 12.5. The van der Waals surface area contributed by atoms with Gasteiger partial charge in [-0.15, -0.1) is 0 Å². The molecule has 2 heterocycles. The van der Waals surface area contributed by atoms with Crippen molar-refractivity contribution in [1.29, 1.82) is 0 Å². The second-order valence-electron chi connectivity index (χ2n) is 7.31. The molecule has 0 amide bonds. The van der Waals surface area contributed by atoms with Gasteiger partial charge in [0.05, 0.1) is 23.4 Å². The fourth-order valence-corrected chi connectivity index (χ4v) is 5.10. The fourth-order valence-electron chi connectivity index (χ4n) is 3.92. The normalized spacial score (nSPS) is 17.5. The maximum Gasteiger partial charge on any atom is 0.265 e. The number of aromatic nitrogens is 1. The number of pyridine rings is 1. The molecule has 1 aliphatic rings. The molecule has 0 aliphatic carbocycles. The number of aryl methyl sites for hydroxylation is 1. The Balaban J connectivity index is 2.09. The van der Waals surface area contributed by atoms with Gasteiger partial charge in [-0.1, -0.05) is 43.1 Å². The Bertz CT molecular complexity index is 1020. The first-order valence-electron chi connectivity index (χ1n) is 9.70. The first-order chi connectivity index (χ1) is 14.2. The summed E-state index contributed by atoms with van der Waals surface area (Å²) in [6.45, 7) is 3.91. The molecule has 164 valence electrons. The summed E-state index contributed by atoms with van der Waals surface area (Å²) in [7, 11) is -2.17. The van der Waals surface area contributed by atoms with Crippen LogP contribution in [-0.2, 0) is 27.1 Å². The van der Waals surface area contributed by atoms with E-state index in [2.05, 4.69) is 4.98 Å². The van der Waals surface area contributed by atoms with Crippen molar-refractivity contribution in [3.63, 3.8) is 0 Å². The summed E-state index contributed by atoms with van der Waals surface area (Å²) in [4.78, 5) is 3.99. The second kappa shape index (κ2) is 8.91. The average molecular weight is 474 g/mol. The number of rotatable bonds is 8. The van der Waals surface area contributed by atoms with Gasteiger partial charge < -0.3 is 9.47 Å². The molecular weight excluding hydrogens is 449 g/mol. The standard InChI is InChI=1S/C21H25Cl2NO5S/c1-5-21(6-2)20(29-30(4,25)26)18-13(8-10-17(27-3)19(18)28-21)7-9-14-15(22)11-24-12-16(14)23/h8,10-12,20H,5-7,9H2,1-4H3. The molecule has 0 bridgehead atoms. The Morgan fingerprint density at radius 2 is 1.77 bits per heavy atom. The van der Waals surface area contributed by atoms with Crippen molar-refractivity contribution in [2.45, 2.75) is 51.2 Å².